The van der Waals surface area contributed by atoms with E-state index in [0.717, 1.165) is 0 Å². The van der Waals surface area contributed by atoms with Crippen molar-refractivity contribution in [1.29, 1.82) is 0 Å². The maximum Gasteiger partial charge on any atom is 0.0540 e. The Kier molecular flexibility index (Phi) is 3.33. The van der Waals surface area contributed by atoms with Gasteiger partial charge in [0, 0.05) is 0 Å². The highest BCUT2D eigenvalue weighted by Gasteiger charge is 2.20. The van der Waals surface area contributed by atoms with Gasteiger partial charge in [-0.2, -0.15) is 0 Å². The van der Waals surface area contributed by atoms with Crippen LogP contribution in [0.1, 0.15) is 46.5 Å². The van der Waals surface area contributed by atoms with Crippen molar-refractivity contribution in [3.63, 3.8) is 0 Å². The topological polar surface area (TPSA) is 20.2 Å². The Hall–Kier alpha value is -0.300. The average molecular weight is 168 g/mol. The van der Waals surface area contributed by atoms with Crippen LogP contribution >= 0.6 is 0 Å². The highest BCUT2D eigenvalue weighted by Crippen LogP contribution is 2.31. The number of rotatable bonds is 1. The minimum Gasteiger partial charge on any atom is -0.393 e. The molecule has 1 nitrogen and oxygen atoms in total. The van der Waals surface area contributed by atoms with Gasteiger partial charge in [-0.05, 0) is 52.4 Å². The molecule has 0 heterocycles. The molecular weight excluding hydrogens is 148 g/mol. The van der Waals surface area contributed by atoms with E-state index in [1.807, 2.05) is 6.92 Å². The summed E-state index contributed by atoms with van der Waals surface area (Å²) in [5, 5.41) is 9.39. The summed E-state index contributed by atoms with van der Waals surface area (Å²) >= 11 is 0. The molecule has 0 aromatic rings. The first-order valence-corrected chi connectivity index (χ1v) is 4.94. The number of hydrogen-bond donors (Lipinski definition) is 1. The number of aliphatic hydroxyl groups is 1. The molecule has 0 aromatic carbocycles. The van der Waals surface area contributed by atoms with Crippen LogP contribution in [0.5, 0.6) is 0 Å². The van der Waals surface area contributed by atoms with E-state index in [1.54, 1.807) is 5.57 Å². The first kappa shape index (κ1) is 9.79. The van der Waals surface area contributed by atoms with Crippen molar-refractivity contribution in [2.75, 3.05) is 0 Å². The molecule has 1 fully saturated rings. The summed E-state index contributed by atoms with van der Waals surface area (Å²) < 4.78 is 0. The molecule has 1 aliphatic rings. The lowest BCUT2D eigenvalue weighted by Crippen LogP contribution is -2.20. The maximum atomic E-state index is 9.39. The molecule has 0 aromatic heterocycles. The Morgan fingerprint density at radius 2 is 1.83 bits per heavy atom. The predicted molar refractivity (Wildman–Crippen MR) is 52.0 cm³/mol. The molecule has 0 bridgehead atoms. The molecule has 1 atom stereocenters. The van der Waals surface area contributed by atoms with Gasteiger partial charge < -0.3 is 5.11 Å². The molecule has 0 radical (unpaired) electrons. The molecule has 1 aliphatic carbocycles. The minimum atomic E-state index is -0.108. The van der Waals surface area contributed by atoms with E-state index in [4.69, 9.17) is 0 Å². The second kappa shape index (κ2) is 4.08. The summed E-state index contributed by atoms with van der Waals surface area (Å²) in [7, 11) is 0. The first-order chi connectivity index (χ1) is 5.61. The van der Waals surface area contributed by atoms with Crippen molar-refractivity contribution in [2.45, 2.75) is 52.6 Å². The summed E-state index contributed by atoms with van der Waals surface area (Å²) in [5.74, 6) is 0.549. The summed E-state index contributed by atoms with van der Waals surface area (Å²) in [4.78, 5) is 0. The number of hydrogen-bond acceptors (Lipinski definition) is 1. The van der Waals surface area contributed by atoms with Crippen LogP contribution in [-0.4, -0.2) is 11.2 Å². The molecule has 0 spiro atoms. The van der Waals surface area contributed by atoms with Gasteiger partial charge >= 0.3 is 0 Å². The molecule has 1 N–H and O–H groups in total. The van der Waals surface area contributed by atoms with Crippen molar-refractivity contribution >= 4 is 0 Å². The zero-order valence-electron chi connectivity index (χ0n) is 8.43. The molecule has 1 unspecified atom stereocenters. The predicted octanol–water partition coefficient (Wildman–Crippen LogP) is 2.89. The van der Waals surface area contributed by atoms with Gasteiger partial charge in [-0.3, -0.25) is 0 Å². The minimum absolute atomic E-state index is 0.108. The zero-order chi connectivity index (χ0) is 9.14. The van der Waals surface area contributed by atoms with E-state index in [-0.39, 0.29) is 6.10 Å². The molecular formula is C11H20O. The van der Waals surface area contributed by atoms with Crippen molar-refractivity contribution in [2.24, 2.45) is 5.92 Å². The lowest BCUT2D eigenvalue weighted by molar-refractivity contribution is 0.108. The molecule has 0 saturated heterocycles. The van der Waals surface area contributed by atoms with Gasteiger partial charge in [0.15, 0.2) is 0 Å². The lowest BCUT2D eigenvalue weighted by Gasteiger charge is -2.26. The van der Waals surface area contributed by atoms with Gasteiger partial charge in [0.05, 0.1) is 6.10 Å². The van der Waals surface area contributed by atoms with Crippen molar-refractivity contribution in [1.82, 2.24) is 0 Å². The summed E-state index contributed by atoms with van der Waals surface area (Å²) in [6, 6.07) is 0. The van der Waals surface area contributed by atoms with Gasteiger partial charge in [0.1, 0.15) is 0 Å². The third-order valence-corrected chi connectivity index (χ3v) is 3.02. The van der Waals surface area contributed by atoms with Crippen LogP contribution in [0.15, 0.2) is 11.1 Å². The van der Waals surface area contributed by atoms with Gasteiger partial charge in [-0.25, -0.2) is 0 Å². The quantitative estimate of drug-likeness (QED) is 0.597. The van der Waals surface area contributed by atoms with Crippen molar-refractivity contribution in [3.05, 3.63) is 11.1 Å². The second-order valence-electron chi connectivity index (χ2n) is 4.18. The van der Waals surface area contributed by atoms with E-state index < -0.39 is 0 Å². The van der Waals surface area contributed by atoms with Crippen LogP contribution in [0.2, 0.25) is 0 Å². The van der Waals surface area contributed by atoms with Crippen LogP contribution in [0.4, 0.5) is 0 Å². The van der Waals surface area contributed by atoms with E-state index in [9.17, 15) is 5.11 Å². The summed E-state index contributed by atoms with van der Waals surface area (Å²) in [5.41, 5.74) is 3.10. The van der Waals surface area contributed by atoms with E-state index in [0.29, 0.717) is 5.92 Å². The smallest absolute Gasteiger partial charge is 0.0540 e. The SMILES string of the molecule is CC(C)=C1CCC(C(C)O)CC1. The largest absolute Gasteiger partial charge is 0.393 e. The summed E-state index contributed by atoms with van der Waals surface area (Å²) in [6.45, 7) is 6.30. The third kappa shape index (κ3) is 2.34. The van der Waals surface area contributed by atoms with Crippen LogP contribution in [0, 0.1) is 5.92 Å². The van der Waals surface area contributed by atoms with Gasteiger partial charge in [-0.1, -0.05) is 11.1 Å². The summed E-state index contributed by atoms with van der Waals surface area (Å²) in [6.07, 6.45) is 4.66. The molecule has 12 heavy (non-hydrogen) atoms. The highest BCUT2D eigenvalue weighted by molar-refractivity contribution is 5.12. The first-order valence-electron chi connectivity index (χ1n) is 4.94. The van der Waals surface area contributed by atoms with Crippen LogP contribution in [-0.2, 0) is 0 Å². The Balaban J connectivity index is 2.45. The van der Waals surface area contributed by atoms with Crippen molar-refractivity contribution in [3.8, 4) is 0 Å². The lowest BCUT2D eigenvalue weighted by atomic mass is 9.82. The van der Waals surface area contributed by atoms with Gasteiger partial charge in [0.2, 0.25) is 0 Å². The fraction of sp³-hybridized carbons (Fsp3) is 0.818. The van der Waals surface area contributed by atoms with E-state index >= 15 is 0 Å². The molecule has 1 saturated carbocycles. The van der Waals surface area contributed by atoms with Gasteiger partial charge in [-0.15, -0.1) is 0 Å². The van der Waals surface area contributed by atoms with Gasteiger partial charge in [0.25, 0.3) is 0 Å². The fourth-order valence-electron chi connectivity index (χ4n) is 1.97. The molecule has 70 valence electrons. The Labute approximate surface area is 75.5 Å². The molecule has 1 heteroatoms. The van der Waals surface area contributed by atoms with Crippen LogP contribution < -0.4 is 0 Å². The third-order valence-electron chi connectivity index (χ3n) is 3.02. The Bertz CT molecular complexity index is 165. The molecule has 1 rings (SSSR count). The number of aliphatic hydroxyl groups excluding tert-OH is 1. The van der Waals surface area contributed by atoms with Crippen LogP contribution in [0.25, 0.3) is 0 Å². The number of allylic oxidation sites excluding steroid dienone is 2. The van der Waals surface area contributed by atoms with E-state index in [1.165, 1.54) is 31.3 Å². The molecule has 0 aliphatic heterocycles. The molecule has 0 amide bonds. The average Bonchev–Trinajstić information content (AvgIpc) is 2.04. The van der Waals surface area contributed by atoms with Crippen LogP contribution in [0.3, 0.4) is 0 Å². The van der Waals surface area contributed by atoms with E-state index in [2.05, 4.69) is 13.8 Å². The maximum absolute atomic E-state index is 9.39. The fourth-order valence-corrected chi connectivity index (χ4v) is 1.97. The Morgan fingerprint density at radius 1 is 1.33 bits per heavy atom. The van der Waals surface area contributed by atoms with Crippen molar-refractivity contribution < 1.29 is 5.11 Å². The highest BCUT2D eigenvalue weighted by atomic mass is 16.3. The monoisotopic (exact) mass is 168 g/mol. The standard InChI is InChI=1S/C11H20O/c1-8(2)10-4-6-11(7-5-10)9(3)12/h9,11-12H,4-7H2,1-3H3. The zero-order valence-corrected chi connectivity index (χ0v) is 8.43. The second-order valence-corrected chi connectivity index (χ2v) is 4.18. The normalized spacial score (nSPS) is 27.0. The Morgan fingerprint density at radius 3 is 2.17 bits per heavy atom.